The van der Waals surface area contributed by atoms with Gasteiger partial charge in [-0.2, -0.15) is 0 Å². The van der Waals surface area contributed by atoms with Crippen LogP contribution in [0.1, 0.15) is 292 Å². The van der Waals surface area contributed by atoms with Gasteiger partial charge in [-0.15, -0.1) is 0 Å². The third kappa shape index (κ3) is 56.1. The highest BCUT2D eigenvalue weighted by Crippen LogP contribution is 2.45. The van der Waals surface area contributed by atoms with Crippen LogP contribution in [0.15, 0.2) is 24.3 Å². The molecule has 17 nitrogen and oxygen atoms in total. The molecule has 0 aliphatic carbocycles. The summed E-state index contributed by atoms with van der Waals surface area (Å²) in [7, 11) is -9.90. The maximum atomic E-state index is 13.0. The van der Waals surface area contributed by atoms with E-state index in [4.69, 9.17) is 37.0 Å². The van der Waals surface area contributed by atoms with Crippen LogP contribution in [-0.4, -0.2) is 96.7 Å². The third-order valence-corrected chi connectivity index (χ3v) is 16.9. The van der Waals surface area contributed by atoms with Crippen molar-refractivity contribution in [2.24, 2.45) is 17.8 Å². The van der Waals surface area contributed by atoms with Gasteiger partial charge in [0.15, 0.2) is 12.2 Å². The number of ether oxygens (including phenoxy) is 4. The lowest BCUT2D eigenvalue weighted by Gasteiger charge is -2.21. The standard InChI is InChI=1S/C65H122O17P2/c1-8-11-12-13-14-15-16-17-18-19-20-21-22-34-41-48-64(69)81-60(52-75-62(67)46-39-32-26-23-29-36-43-56(4)5)54-79-83(71,72)77-50-59(66)51-78-84(73,74)80-55-61(82-65(70)49-42-35-28-25-31-38-45-58(7)10-3)53-76-63(68)47-40-33-27-24-30-37-44-57(6)9-2/h15-18,56-61,66H,8-14,19-55H2,1-7H3,(H,71,72)(H,73,74)/b16-15-,18-17-/t57?,58?,59-,60+,61+/m0/s1. The fraction of sp³-hybridized carbons (Fsp3) is 0.877. The summed E-state index contributed by atoms with van der Waals surface area (Å²) in [5.41, 5.74) is 0. The van der Waals surface area contributed by atoms with E-state index in [0.29, 0.717) is 31.6 Å². The molecule has 0 spiro atoms. The Hall–Kier alpha value is -2.46. The average molecular weight is 1240 g/mol. The number of carbonyl (C=O) groups excluding carboxylic acids is 4. The molecule has 4 unspecified atom stereocenters. The molecule has 19 heteroatoms. The molecule has 7 atom stereocenters. The summed E-state index contributed by atoms with van der Waals surface area (Å²) in [6.45, 7) is 11.6. The zero-order valence-electron chi connectivity index (χ0n) is 53.8. The van der Waals surface area contributed by atoms with Crippen LogP contribution in [0.2, 0.25) is 0 Å². The summed E-state index contributed by atoms with van der Waals surface area (Å²) in [6, 6.07) is 0. The Morgan fingerprint density at radius 1 is 0.393 bits per heavy atom. The molecule has 0 aliphatic rings. The van der Waals surface area contributed by atoms with Crippen LogP contribution < -0.4 is 0 Å². The zero-order valence-corrected chi connectivity index (χ0v) is 55.6. The van der Waals surface area contributed by atoms with Crippen molar-refractivity contribution in [3.8, 4) is 0 Å². The Balaban J connectivity index is 5.28. The zero-order chi connectivity index (χ0) is 62.4. The van der Waals surface area contributed by atoms with E-state index in [1.807, 2.05) is 0 Å². The molecule has 0 aromatic heterocycles. The molecule has 0 aliphatic heterocycles. The predicted octanol–water partition coefficient (Wildman–Crippen LogP) is 17.4. The van der Waals surface area contributed by atoms with E-state index in [2.05, 4.69) is 72.8 Å². The molecule has 0 saturated carbocycles. The van der Waals surface area contributed by atoms with Crippen molar-refractivity contribution in [3.05, 3.63) is 24.3 Å². The number of phosphoric acid groups is 2. The van der Waals surface area contributed by atoms with Gasteiger partial charge in [0.1, 0.15) is 19.3 Å². The fourth-order valence-corrected chi connectivity index (χ4v) is 10.6. The first-order valence-corrected chi connectivity index (χ1v) is 36.2. The Morgan fingerprint density at radius 3 is 1.06 bits per heavy atom. The summed E-state index contributed by atoms with van der Waals surface area (Å²) >= 11 is 0. The third-order valence-electron chi connectivity index (χ3n) is 15.0. The van der Waals surface area contributed by atoms with E-state index in [1.165, 1.54) is 77.0 Å². The Morgan fingerprint density at radius 2 is 0.702 bits per heavy atom. The normalized spacial score (nSPS) is 15.2. The molecule has 0 aromatic rings. The van der Waals surface area contributed by atoms with Gasteiger partial charge in [0, 0.05) is 25.7 Å². The molecule has 0 saturated heterocycles. The highest BCUT2D eigenvalue weighted by Gasteiger charge is 2.30. The second-order valence-electron chi connectivity index (χ2n) is 23.8. The number of allylic oxidation sites excluding steroid dienone is 4. The minimum absolute atomic E-state index is 0.0831. The molecule has 494 valence electrons. The molecule has 0 rings (SSSR count). The van der Waals surface area contributed by atoms with Crippen LogP contribution >= 0.6 is 15.6 Å². The van der Waals surface area contributed by atoms with E-state index in [-0.39, 0.29) is 25.7 Å². The predicted molar refractivity (Wildman–Crippen MR) is 335 cm³/mol. The molecule has 0 radical (unpaired) electrons. The van der Waals surface area contributed by atoms with Gasteiger partial charge < -0.3 is 33.8 Å². The number of carbonyl (C=O) groups is 4. The van der Waals surface area contributed by atoms with Gasteiger partial charge in [-0.05, 0) is 69.1 Å². The monoisotopic (exact) mass is 1240 g/mol. The second kappa shape index (κ2) is 55.8. The lowest BCUT2D eigenvalue weighted by atomic mass is 10.00. The highest BCUT2D eigenvalue weighted by molar-refractivity contribution is 7.47. The maximum absolute atomic E-state index is 13.0. The Labute approximate surface area is 510 Å². The molecule has 84 heavy (non-hydrogen) atoms. The summed E-state index contributed by atoms with van der Waals surface area (Å²) in [6.07, 6.45) is 40.0. The van der Waals surface area contributed by atoms with E-state index in [0.717, 1.165) is 127 Å². The maximum Gasteiger partial charge on any atom is 0.472 e. The van der Waals surface area contributed by atoms with E-state index in [9.17, 15) is 43.2 Å². The summed E-state index contributed by atoms with van der Waals surface area (Å²) in [5.74, 6) is -0.0475. The number of unbranched alkanes of at least 4 members (excludes halogenated alkanes) is 24. The topological polar surface area (TPSA) is 237 Å². The molecule has 0 fully saturated rings. The van der Waals surface area contributed by atoms with Gasteiger partial charge in [-0.3, -0.25) is 37.3 Å². The SMILES string of the molecule is CCCCCC/C=C\C=C/CCCCCCCC(=O)O[C@H](COC(=O)CCCCCCCCC(C)C)COP(=O)(O)OC[C@H](O)COP(=O)(O)OC[C@@H](COC(=O)CCCCCCCCC(C)CC)OC(=O)CCCCCCCCC(C)CC. The lowest BCUT2D eigenvalue weighted by molar-refractivity contribution is -0.161. The van der Waals surface area contributed by atoms with Crippen LogP contribution in [0.5, 0.6) is 0 Å². The average Bonchev–Trinajstić information content (AvgIpc) is 3.48. The first-order valence-electron chi connectivity index (χ1n) is 33.2. The summed E-state index contributed by atoms with van der Waals surface area (Å²) in [5, 5.41) is 10.5. The van der Waals surface area contributed by atoms with Crippen molar-refractivity contribution in [1.82, 2.24) is 0 Å². The van der Waals surface area contributed by atoms with Crippen LogP contribution in [-0.2, 0) is 65.4 Å². The van der Waals surface area contributed by atoms with Crippen molar-refractivity contribution in [2.75, 3.05) is 39.6 Å². The van der Waals surface area contributed by atoms with Gasteiger partial charge in [0.05, 0.1) is 26.4 Å². The smallest absolute Gasteiger partial charge is 0.462 e. The van der Waals surface area contributed by atoms with Crippen molar-refractivity contribution < 1.29 is 80.2 Å². The van der Waals surface area contributed by atoms with Gasteiger partial charge in [-0.25, -0.2) is 9.13 Å². The minimum Gasteiger partial charge on any atom is -0.462 e. The number of aliphatic hydroxyl groups excluding tert-OH is 1. The molecule has 0 heterocycles. The molecule has 3 N–H and O–H groups in total. The van der Waals surface area contributed by atoms with E-state index < -0.39 is 97.5 Å². The van der Waals surface area contributed by atoms with Crippen molar-refractivity contribution in [1.29, 1.82) is 0 Å². The number of hydrogen-bond acceptors (Lipinski definition) is 15. The molecule has 0 aromatic carbocycles. The quantitative estimate of drug-likeness (QED) is 0.0169. The van der Waals surface area contributed by atoms with Crippen molar-refractivity contribution >= 4 is 39.5 Å². The number of aliphatic hydroxyl groups is 1. The fourth-order valence-electron chi connectivity index (χ4n) is 9.05. The molecular formula is C65H122O17P2. The van der Waals surface area contributed by atoms with Crippen molar-refractivity contribution in [3.63, 3.8) is 0 Å². The molecule has 0 bridgehead atoms. The van der Waals surface area contributed by atoms with Gasteiger partial charge in [-0.1, -0.05) is 240 Å². The summed E-state index contributed by atoms with van der Waals surface area (Å²) in [4.78, 5) is 72.2. The number of esters is 4. The first-order chi connectivity index (χ1) is 40.3. The van der Waals surface area contributed by atoms with Crippen LogP contribution in [0.25, 0.3) is 0 Å². The van der Waals surface area contributed by atoms with Crippen LogP contribution in [0.4, 0.5) is 0 Å². The van der Waals surface area contributed by atoms with E-state index >= 15 is 0 Å². The number of rotatable bonds is 61. The summed E-state index contributed by atoms with van der Waals surface area (Å²) < 4.78 is 67.9. The molecule has 0 amide bonds. The Kier molecular flexibility index (Phi) is 54.2. The van der Waals surface area contributed by atoms with Gasteiger partial charge in [0.25, 0.3) is 0 Å². The van der Waals surface area contributed by atoms with Gasteiger partial charge in [0.2, 0.25) is 0 Å². The van der Waals surface area contributed by atoms with Crippen molar-refractivity contribution in [2.45, 2.75) is 311 Å². The van der Waals surface area contributed by atoms with Gasteiger partial charge >= 0.3 is 39.5 Å². The number of phosphoric ester groups is 2. The van der Waals surface area contributed by atoms with Crippen LogP contribution in [0, 0.1) is 17.8 Å². The Bertz CT molecular complexity index is 1760. The molecular weight excluding hydrogens is 1110 g/mol. The van der Waals surface area contributed by atoms with Crippen LogP contribution in [0.3, 0.4) is 0 Å². The minimum atomic E-state index is -4.95. The highest BCUT2D eigenvalue weighted by atomic mass is 31.2. The van der Waals surface area contributed by atoms with E-state index in [1.54, 1.807) is 0 Å². The number of hydrogen-bond donors (Lipinski definition) is 3. The lowest BCUT2D eigenvalue weighted by Crippen LogP contribution is -2.30. The second-order valence-corrected chi connectivity index (χ2v) is 26.7. The largest absolute Gasteiger partial charge is 0.472 e. The first kappa shape index (κ1) is 81.5.